The standard InChI is InChI=1S/C19H26N2O2/c1-4-15(13-20(2)3)21-17(22)12-19(18(21)23)11-7-9-14-8-5-6-10-16(14)19/h5-6,8,10,15H,4,7,9,11-13H2,1-3H3. The van der Waals surface area contributed by atoms with E-state index >= 15 is 0 Å². The molecule has 1 spiro atoms. The first-order valence-electron chi connectivity index (χ1n) is 8.59. The highest BCUT2D eigenvalue weighted by Crippen LogP contribution is 2.46. The molecule has 4 heteroatoms. The zero-order valence-corrected chi connectivity index (χ0v) is 14.3. The molecule has 2 amide bonds. The fourth-order valence-corrected chi connectivity index (χ4v) is 4.27. The summed E-state index contributed by atoms with van der Waals surface area (Å²) in [5.74, 6) is 0.0313. The van der Waals surface area contributed by atoms with Crippen molar-refractivity contribution < 1.29 is 9.59 Å². The maximum absolute atomic E-state index is 13.3. The number of likely N-dealkylation sites (tertiary alicyclic amines) is 1. The molecule has 1 aromatic carbocycles. The lowest BCUT2D eigenvalue weighted by atomic mass is 9.69. The predicted octanol–water partition coefficient (Wildman–Crippen LogP) is 2.36. The second-order valence-corrected chi connectivity index (χ2v) is 7.16. The van der Waals surface area contributed by atoms with E-state index in [1.165, 1.54) is 5.56 Å². The molecule has 0 saturated carbocycles. The van der Waals surface area contributed by atoms with Gasteiger partial charge in [-0.25, -0.2) is 0 Å². The third-order valence-corrected chi connectivity index (χ3v) is 5.34. The second-order valence-electron chi connectivity index (χ2n) is 7.16. The van der Waals surface area contributed by atoms with Gasteiger partial charge in [-0.05, 0) is 50.9 Å². The molecule has 1 aliphatic carbocycles. The van der Waals surface area contributed by atoms with Crippen LogP contribution in [0.3, 0.4) is 0 Å². The summed E-state index contributed by atoms with van der Waals surface area (Å²) in [5, 5.41) is 0. The Balaban J connectivity index is 1.99. The Kier molecular flexibility index (Phi) is 4.28. The summed E-state index contributed by atoms with van der Waals surface area (Å²) in [5.41, 5.74) is 1.72. The quantitative estimate of drug-likeness (QED) is 0.801. The minimum atomic E-state index is -0.605. The van der Waals surface area contributed by atoms with Crippen LogP contribution < -0.4 is 0 Å². The van der Waals surface area contributed by atoms with Crippen LogP contribution in [-0.4, -0.2) is 48.3 Å². The Morgan fingerprint density at radius 3 is 2.70 bits per heavy atom. The first kappa shape index (κ1) is 16.2. The van der Waals surface area contributed by atoms with Gasteiger partial charge >= 0.3 is 0 Å². The summed E-state index contributed by atoms with van der Waals surface area (Å²) in [6.45, 7) is 2.78. The van der Waals surface area contributed by atoms with Crippen molar-refractivity contribution in [3.8, 4) is 0 Å². The maximum Gasteiger partial charge on any atom is 0.240 e. The lowest BCUT2D eigenvalue weighted by Gasteiger charge is -2.35. The molecule has 3 rings (SSSR count). The molecule has 1 aliphatic heterocycles. The lowest BCUT2D eigenvalue weighted by Crippen LogP contribution is -2.48. The first-order chi connectivity index (χ1) is 11.0. The summed E-state index contributed by atoms with van der Waals surface area (Å²) in [4.78, 5) is 29.7. The van der Waals surface area contributed by atoms with E-state index in [2.05, 4.69) is 24.0 Å². The van der Waals surface area contributed by atoms with E-state index in [1.807, 2.05) is 26.2 Å². The molecule has 1 heterocycles. The molecule has 23 heavy (non-hydrogen) atoms. The van der Waals surface area contributed by atoms with Gasteiger partial charge in [0.1, 0.15) is 0 Å². The van der Waals surface area contributed by atoms with Crippen molar-refractivity contribution in [2.24, 2.45) is 0 Å². The molecular formula is C19H26N2O2. The molecule has 0 N–H and O–H groups in total. The Bertz CT molecular complexity index is 626. The number of rotatable bonds is 4. The summed E-state index contributed by atoms with van der Waals surface area (Å²) in [7, 11) is 3.97. The van der Waals surface area contributed by atoms with Crippen LogP contribution in [-0.2, 0) is 21.4 Å². The van der Waals surface area contributed by atoms with Gasteiger partial charge < -0.3 is 4.90 Å². The largest absolute Gasteiger partial charge is 0.307 e. The Morgan fingerprint density at radius 1 is 1.26 bits per heavy atom. The van der Waals surface area contributed by atoms with Crippen LogP contribution in [0.15, 0.2) is 24.3 Å². The molecule has 2 aliphatic rings. The van der Waals surface area contributed by atoms with Gasteiger partial charge in [-0.3, -0.25) is 14.5 Å². The molecule has 0 radical (unpaired) electrons. The van der Waals surface area contributed by atoms with Crippen LogP contribution in [0.1, 0.15) is 43.7 Å². The van der Waals surface area contributed by atoms with E-state index < -0.39 is 5.41 Å². The SMILES string of the molecule is CCC(CN(C)C)N1C(=O)CC2(CCCc3ccccc32)C1=O. The number of carbonyl (C=O) groups is 2. The maximum atomic E-state index is 13.3. The van der Waals surface area contributed by atoms with E-state index in [0.29, 0.717) is 6.42 Å². The van der Waals surface area contributed by atoms with Crippen LogP contribution in [0.4, 0.5) is 0 Å². The van der Waals surface area contributed by atoms with E-state index in [9.17, 15) is 9.59 Å². The van der Waals surface area contributed by atoms with Crippen molar-refractivity contribution in [2.75, 3.05) is 20.6 Å². The fraction of sp³-hybridized carbons (Fsp3) is 0.579. The second kappa shape index (κ2) is 6.08. The average molecular weight is 314 g/mol. The highest BCUT2D eigenvalue weighted by atomic mass is 16.2. The average Bonchev–Trinajstić information content (AvgIpc) is 2.77. The van der Waals surface area contributed by atoms with Gasteiger partial charge in [-0.15, -0.1) is 0 Å². The summed E-state index contributed by atoms with van der Waals surface area (Å²) in [6, 6.07) is 8.14. The lowest BCUT2D eigenvalue weighted by molar-refractivity contribution is -0.143. The molecule has 1 aromatic rings. The van der Waals surface area contributed by atoms with Gasteiger partial charge in [0.2, 0.25) is 11.8 Å². The number of nitrogens with zero attached hydrogens (tertiary/aromatic N) is 2. The van der Waals surface area contributed by atoms with E-state index in [0.717, 1.165) is 37.8 Å². The van der Waals surface area contributed by atoms with E-state index in [4.69, 9.17) is 0 Å². The van der Waals surface area contributed by atoms with Crippen LogP contribution in [0.25, 0.3) is 0 Å². The van der Waals surface area contributed by atoms with Crippen LogP contribution in [0.2, 0.25) is 0 Å². The molecular weight excluding hydrogens is 288 g/mol. The first-order valence-corrected chi connectivity index (χ1v) is 8.59. The fourth-order valence-electron chi connectivity index (χ4n) is 4.27. The summed E-state index contributed by atoms with van der Waals surface area (Å²) in [6.07, 6.45) is 3.92. The number of carbonyl (C=O) groups excluding carboxylic acids is 2. The Labute approximate surface area is 138 Å². The Hall–Kier alpha value is -1.68. The van der Waals surface area contributed by atoms with Crippen LogP contribution >= 0.6 is 0 Å². The molecule has 0 bridgehead atoms. The third kappa shape index (κ3) is 2.59. The number of aryl methyl sites for hydroxylation is 1. The van der Waals surface area contributed by atoms with Crippen molar-refractivity contribution in [2.45, 2.75) is 50.5 Å². The minimum absolute atomic E-state index is 0.000373. The van der Waals surface area contributed by atoms with Crippen LogP contribution in [0, 0.1) is 0 Å². The van der Waals surface area contributed by atoms with Gasteiger partial charge in [-0.1, -0.05) is 31.2 Å². The number of hydrogen-bond donors (Lipinski definition) is 0. The van der Waals surface area contributed by atoms with E-state index in [1.54, 1.807) is 4.90 Å². The topological polar surface area (TPSA) is 40.6 Å². The minimum Gasteiger partial charge on any atom is -0.307 e. The Morgan fingerprint density at radius 2 is 2.00 bits per heavy atom. The number of benzene rings is 1. The monoisotopic (exact) mass is 314 g/mol. The molecule has 1 fully saturated rings. The van der Waals surface area contributed by atoms with Crippen molar-refractivity contribution in [1.82, 2.24) is 9.80 Å². The zero-order valence-electron chi connectivity index (χ0n) is 14.3. The van der Waals surface area contributed by atoms with Gasteiger partial charge in [0.25, 0.3) is 0 Å². The van der Waals surface area contributed by atoms with Gasteiger partial charge in [0.15, 0.2) is 0 Å². The predicted molar refractivity (Wildman–Crippen MR) is 90.2 cm³/mol. The van der Waals surface area contributed by atoms with Crippen molar-refractivity contribution in [3.63, 3.8) is 0 Å². The normalized spacial score (nSPS) is 25.3. The van der Waals surface area contributed by atoms with Gasteiger partial charge in [-0.2, -0.15) is 0 Å². The molecule has 0 aromatic heterocycles. The third-order valence-electron chi connectivity index (χ3n) is 5.34. The smallest absolute Gasteiger partial charge is 0.240 e. The number of likely N-dealkylation sites (N-methyl/N-ethyl adjacent to an activating group) is 1. The summed E-state index contributed by atoms with van der Waals surface area (Å²) >= 11 is 0. The molecule has 4 nitrogen and oxygen atoms in total. The van der Waals surface area contributed by atoms with Crippen molar-refractivity contribution in [3.05, 3.63) is 35.4 Å². The molecule has 2 unspecified atom stereocenters. The highest BCUT2D eigenvalue weighted by molar-refractivity contribution is 6.09. The highest BCUT2D eigenvalue weighted by Gasteiger charge is 2.55. The zero-order chi connectivity index (χ0) is 16.6. The molecule has 1 saturated heterocycles. The number of hydrogen-bond acceptors (Lipinski definition) is 3. The van der Waals surface area contributed by atoms with E-state index in [-0.39, 0.29) is 17.9 Å². The number of imide groups is 1. The van der Waals surface area contributed by atoms with Crippen molar-refractivity contribution in [1.29, 1.82) is 0 Å². The van der Waals surface area contributed by atoms with Gasteiger partial charge in [0, 0.05) is 13.0 Å². The molecule has 2 atom stereocenters. The van der Waals surface area contributed by atoms with Crippen molar-refractivity contribution >= 4 is 11.8 Å². The number of fused-ring (bicyclic) bond motifs is 2. The summed E-state index contributed by atoms with van der Waals surface area (Å²) < 4.78 is 0. The number of amides is 2. The van der Waals surface area contributed by atoms with Gasteiger partial charge in [0.05, 0.1) is 11.5 Å². The molecule has 124 valence electrons. The van der Waals surface area contributed by atoms with Crippen LogP contribution in [0.5, 0.6) is 0 Å².